The predicted octanol–water partition coefficient (Wildman–Crippen LogP) is 3.39. The van der Waals surface area contributed by atoms with Gasteiger partial charge in [-0.2, -0.15) is 10.1 Å². The zero-order valence-electron chi connectivity index (χ0n) is 14.9. The number of hydrogen-bond acceptors (Lipinski definition) is 7. The molecule has 0 atom stereocenters. The smallest absolute Gasteiger partial charge is 0.229 e. The van der Waals surface area contributed by atoms with Gasteiger partial charge in [-0.1, -0.05) is 17.7 Å². The number of anilines is 4. The maximum Gasteiger partial charge on any atom is 0.229 e. The Hall–Kier alpha value is -2.91. The van der Waals surface area contributed by atoms with Crippen LogP contribution in [0.2, 0.25) is 5.02 Å². The van der Waals surface area contributed by atoms with Gasteiger partial charge in [0, 0.05) is 25.0 Å². The van der Waals surface area contributed by atoms with Gasteiger partial charge < -0.3 is 21.5 Å². The third kappa shape index (κ3) is 3.71. The largest absolute Gasteiger partial charge is 0.394 e. The molecule has 1 fully saturated rings. The molecule has 1 saturated heterocycles. The summed E-state index contributed by atoms with van der Waals surface area (Å²) >= 11 is 5.75. The maximum atomic E-state index is 13.8. The van der Waals surface area contributed by atoms with Gasteiger partial charge in [0.25, 0.3) is 0 Å². The van der Waals surface area contributed by atoms with Crippen LogP contribution in [-0.2, 0) is 4.74 Å². The van der Waals surface area contributed by atoms with Crippen molar-refractivity contribution in [3.8, 4) is 11.3 Å². The fourth-order valence-corrected chi connectivity index (χ4v) is 3.20. The van der Waals surface area contributed by atoms with E-state index in [2.05, 4.69) is 20.4 Å². The van der Waals surface area contributed by atoms with Crippen molar-refractivity contribution >= 4 is 34.7 Å². The number of nitrogens with one attached hydrogen (secondary N) is 1. The van der Waals surface area contributed by atoms with Crippen molar-refractivity contribution < 1.29 is 9.13 Å². The molecule has 2 aromatic heterocycles. The lowest BCUT2D eigenvalue weighted by Crippen LogP contribution is -2.19. The van der Waals surface area contributed by atoms with Gasteiger partial charge in [0.15, 0.2) is 5.82 Å². The lowest BCUT2D eigenvalue weighted by Gasteiger charge is -2.22. The van der Waals surface area contributed by atoms with Crippen LogP contribution in [0.25, 0.3) is 11.3 Å². The Morgan fingerprint density at radius 1 is 1.21 bits per heavy atom. The molecule has 0 radical (unpaired) electrons. The lowest BCUT2D eigenvalue weighted by atomic mass is 10.1. The first-order valence-corrected chi connectivity index (χ1v) is 9.16. The van der Waals surface area contributed by atoms with Crippen LogP contribution >= 0.6 is 11.6 Å². The average molecular weight is 404 g/mol. The minimum atomic E-state index is -0.567. The molecular formula is C18H19ClFN7O. The Kier molecular flexibility index (Phi) is 5.01. The molecule has 3 heterocycles. The first-order valence-electron chi connectivity index (χ1n) is 8.78. The Morgan fingerprint density at radius 2 is 2.00 bits per heavy atom. The zero-order valence-corrected chi connectivity index (χ0v) is 15.7. The number of halogens is 2. The molecule has 28 heavy (non-hydrogen) atoms. The highest BCUT2D eigenvalue weighted by Crippen LogP contribution is 2.31. The monoisotopic (exact) mass is 403 g/mol. The van der Waals surface area contributed by atoms with Crippen LogP contribution in [0, 0.1) is 5.82 Å². The van der Waals surface area contributed by atoms with E-state index in [9.17, 15) is 4.39 Å². The number of aromatic nitrogens is 4. The summed E-state index contributed by atoms with van der Waals surface area (Å²) in [5.74, 6) is -0.230. The molecule has 146 valence electrons. The van der Waals surface area contributed by atoms with Crippen molar-refractivity contribution in [2.75, 3.05) is 30.0 Å². The van der Waals surface area contributed by atoms with Gasteiger partial charge in [-0.25, -0.2) is 9.37 Å². The first kappa shape index (κ1) is 18.5. The summed E-state index contributed by atoms with van der Waals surface area (Å²) < 4.78 is 21.1. The van der Waals surface area contributed by atoms with E-state index >= 15 is 0 Å². The van der Waals surface area contributed by atoms with Crippen LogP contribution < -0.4 is 16.8 Å². The number of rotatable bonds is 4. The van der Waals surface area contributed by atoms with Crippen molar-refractivity contribution in [3.05, 3.63) is 41.4 Å². The Balaban J connectivity index is 1.61. The van der Waals surface area contributed by atoms with Gasteiger partial charge in [0.2, 0.25) is 5.95 Å². The van der Waals surface area contributed by atoms with E-state index in [1.54, 1.807) is 12.3 Å². The summed E-state index contributed by atoms with van der Waals surface area (Å²) in [6.07, 6.45) is 5.40. The van der Waals surface area contributed by atoms with Gasteiger partial charge in [-0.15, -0.1) is 0 Å². The average Bonchev–Trinajstić information content (AvgIpc) is 3.16. The molecule has 0 aliphatic carbocycles. The van der Waals surface area contributed by atoms with Gasteiger partial charge in [0.05, 0.1) is 22.9 Å². The van der Waals surface area contributed by atoms with E-state index in [1.807, 2.05) is 10.9 Å². The van der Waals surface area contributed by atoms with Gasteiger partial charge in [0.1, 0.15) is 17.2 Å². The summed E-state index contributed by atoms with van der Waals surface area (Å²) in [4.78, 5) is 8.57. The molecular weight excluding hydrogens is 385 g/mol. The van der Waals surface area contributed by atoms with E-state index in [4.69, 9.17) is 27.8 Å². The Morgan fingerprint density at radius 3 is 2.75 bits per heavy atom. The van der Waals surface area contributed by atoms with Crippen molar-refractivity contribution in [3.63, 3.8) is 0 Å². The highest BCUT2D eigenvalue weighted by Gasteiger charge is 2.17. The van der Waals surface area contributed by atoms with Crippen LogP contribution in [0.5, 0.6) is 0 Å². The lowest BCUT2D eigenvalue weighted by molar-refractivity contribution is 0.0662. The molecule has 10 heteroatoms. The molecule has 0 amide bonds. The second kappa shape index (κ2) is 7.61. The third-order valence-corrected chi connectivity index (χ3v) is 4.90. The normalized spacial score (nSPS) is 14.9. The minimum absolute atomic E-state index is 0.0169. The second-order valence-corrected chi connectivity index (χ2v) is 6.91. The molecule has 0 unspecified atom stereocenters. The van der Waals surface area contributed by atoms with E-state index < -0.39 is 5.82 Å². The highest BCUT2D eigenvalue weighted by molar-refractivity contribution is 6.30. The van der Waals surface area contributed by atoms with E-state index in [0.717, 1.165) is 26.1 Å². The number of hydrogen-bond donors (Lipinski definition) is 3. The molecule has 8 nitrogen and oxygen atoms in total. The van der Waals surface area contributed by atoms with Crippen molar-refractivity contribution in [2.24, 2.45) is 0 Å². The van der Waals surface area contributed by atoms with Crippen LogP contribution in [0.15, 0.2) is 30.6 Å². The summed E-state index contributed by atoms with van der Waals surface area (Å²) in [7, 11) is 0. The van der Waals surface area contributed by atoms with Crippen LogP contribution in [0.4, 0.5) is 27.5 Å². The standard InChI is InChI=1S/C18H19ClFN7O/c19-13-2-1-10(7-14(13)20)16-15(21)17(22)26-18(25-16)24-11-8-23-27(9-11)12-3-5-28-6-4-12/h1-2,7-9,12H,3-6,21H2,(H3,22,24,25,26). The van der Waals surface area contributed by atoms with E-state index in [0.29, 0.717) is 23.0 Å². The van der Waals surface area contributed by atoms with Crippen LogP contribution in [-0.4, -0.2) is 33.0 Å². The Labute approximate surface area is 165 Å². The van der Waals surface area contributed by atoms with Crippen molar-refractivity contribution in [2.45, 2.75) is 18.9 Å². The second-order valence-electron chi connectivity index (χ2n) is 6.50. The number of nitrogens with zero attached hydrogens (tertiary/aromatic N) is 4. The van der Waals surface area contributed by atoms with Crippen molar-refractivity contribution in [1.82, 2.24) is 19.7 Å². The van der Waals surface area contributed by atoms with E-state index in [-0.39, 0.29) is 22.5 Å². The summed E-state index contributed by atoms with van der Waals surface area (Å²) in [6, 6.07) is 4.62. The topological polar surface area (TPSA) is 117 Å². The molecule has 1 aromatic carbocycles. The fourth-order valence-electron chi connectivity index (χ4n) is 3.09. The van der Waals surface area contributed by atoms with Crippen LogP contribution in [0.3, 0.4) is 0 Å². The molecule has 0 saturated carbocycles. The molecule has 5 N–H and O–H groups in total. The summed E-state index contributed by atoms with van der Waals surface area (Å²) in [5.41, 5.74) is 13.6. The summed E-state index contributed by atoms with van der Waals surface area (Å²) in [6.45, 7) is 1.46. The fraction of sp³-hybridized carbons (Fsp3) is 0.278. The van der Waals surface area contributed by atoms with Gasteiger partial charge in [-0.3, -0.25) is 4.68 Å². The maximum absolute atomic E-state index is 13.8. The predicted molar refractivity (Wildman–Crippen MR) is 106 cm³/mol. The number of ether oxygens (including phenoxy) is 1. The van der Waals surface area contributed by atoms with Crippen LogP contribution in [0.1, 0.15) is 18.9 Å². The molecule has 3 aromatic rings. The number of nitrogens with two attached hydrogens (primary N) is 2. The minimum Gasteiger partial charge on any atom is -0.394 e. The van der Waals surface area contributed by atoms with Crippen molar-refractivity contribution in [1.29, 1.82) is 0 Å². The van der Waals surface area contributed by atoms with Gasteiger partial charge >= 0.3 is 0 Å². The first-order chi connectivity index (χ1) is 13.5. The molecule has 1 aliphatic rings. The molecule has 1 aliphatic heterocycles. The quantitative estimate of drug-likeness (QED) is 0.611. The Bertz CT molecular complexity index is 1000. The van der Waals surface area contributed by atoms with E-state index in [1.165, 1.54) is 12.1 Å². The summed E-state index contributed by atoms with van der Waals surface area (Å²) in [5, 5.41) is 7.49. The molecule has 0 spiro atoms. The number of benzene rings is 1. The molecule has 0 bridgehead atoms. The zero-order chi connectivity index (χ0) is 19.7. The highest BCUT2D eigenvalue weighted by atomic mass is 35.5. The molecule has 4 rings (SSSR count). The third-order valence-electron chi connectivity index (χ3n) is 4.59. The van der Waals surface area contributed by atoms with Gasteiger partial charge in [-0.05, 0) is 25.0 Å². The number of nitrogen functional groups attached to an aromatic ring is 2. The SMILES string of the molecule is Nc1nc(Nc2cnn(C3CCOCC3)c2)nc(-c2ccc(Cl)c(F)c2)c1N.